The fourth-order valence-corrected chi connectivity index (χ4v) is 2.42. The molecule has 0 aromatic heterocycles. The first kappa shape index (κ1) is 12.7. The molecule has 0 saturated carbocycles. The average Bonchev–Trinajstić information content (AvgIpc) is 2.16. The molecule has 2 nitrogen and oxygen atoms in total. The second kappa shape index (κ2) is 6.29. The summed E-state index contributed by atoms with van der Waals surface area (Å²) in [4.78, 5) is 2.55. The van der Waals surface area contributed by atoms with Gasteiger partial charge in [-0.3, -0.25) is 4.90 Å². The highest BCUT2D eigenvalue weighted by Crippen LogP contribution is 2.15. The van der Waals surface area contributed by atoms with Gasteiger partial charge in [0.2, 0.25) is 0 Å². The van der Waals surface area contributed by atoms with Crippen LogP contribution < -0.4 is 5.73 Å². The summed E-state index contributed by atoms with van der Waals surface area (Å²) in [6.45, 7) is 11.2. The second-order valence-electron chi connectivity index (χ2n) is 5.31. The predicted octanol–water partition coefficient (Wildman–Crippen LogP) is 2.26. The Balaban J connectivity index is 2.35. The standard InChI is InChI=1S/C13H26N2/c1-11(2)7-13(8-14)10-15-6-4-5-12(3)9-15/h5,11,13H,4,6-10,14H2,1-3H3. The lowest BCUT2D eigenvalue weighted by atomic mass is 9.96. The minimum absolute atomic E-state index is 0.677. The molecule has 0 aromatic rings. The van der Waals surface area contributed by atoms with E-state index in [1.807, 2.05) is 0 Å². The second-order valence-corrected chi connectivity index (χ2v) is 5.31. The molecule has 2 N–H and O–H groups in total. The Hall–Kier alpha value is -0.340. The van der Waals surface area contributed by atoms with Gasteiger partial charge >= 0.3 is 0 Å². The number of hydrogen-bond acceptors (Lipinski definition) is 2. The first-order chi connectivity index (χ1) is 7.11. The van der Waals surface area contributed by atoms with Crippen LogP contribution in [0.15, 0.2) is 11.6 Å². The van der Waals surface area contributed by atoms with Crippen LogP contribution in [0.2, 0.25) is 0 Å². The summed E-state index contributed by atoms with van der Waals surface area (Å²) < 4.78 is 0. The normalized spacial score (nSPS) is 20.5. The van der Waals surface area contributed by atoms with Crippen molar-refractivity contribution in [2.24, 2.45) is 17.6 Å². The summed E-state index contributed by atoms with van der Waals surface area (Å²) in [7, 11) is 0. The van der Waals surface area contributed by atoms with Crippen molar-refractivity contribution in [3.63, 3.8) is 0 Å². The Morgan fingerprint density at radius 1 is 1.47 bits per heavy atom. The van der Waals surface area contributed by atoms with Gasteiger partial charge in [0.1, 0.15) is 0 Å². The van der Waals surface area contributed by atoms with E-state index in [-0.39, 0.29) is 0 Å². The zero-order valence-electron chi connectivity index (χ0n) is 10.5. The lowest BCUT2D eigenvalue weighted by Crippen LogP contribution is -2.36. The third-order valence-corrected chi connectivity index (χ3v) is 3.07. The molecule has 0 bridgehead atoms. The van der Waals surface area contributed by atoms with Crippen LogP contribution >= 0.6 is 0 Å². The molecular weight excluding hydrogens is 184 g/mol. The molecule has 0 aliphatic carbocycles. The topological polar surface area (TPSA) is 29.3 Å². The molecule has 0 saturated heterocycles. The van der Waals surface area contributed by atoms with Crippen molar-refractivity contribution in [3.05, 3.63) is 11.6 Å². The van der Waals surface area contributed by atoms with E-state index in [4.69, 9.17) is 5.73 Å². The largest absolute Gasteiger partial charge is 0.330 e. The summed E-state index contributed by atoms with van der Waals surface area (Å²) in [5.74, 6) is 1.44. The predicted molar refractivity (Wildman–Crippen MR) is 66.8 cm³/mol. The zero-order valence-corrected chi connectivity index (χ0v) is 10.5. The number of hydrogen-bond donors (Lipinski definition) is 1. The van der Waals surface area contributed by atoms with Gasteiger partial charge in [-0.1, -0.05) is 25.5 Å². The Morgan fingerprint density at radius 3 is 2.73 bits per heavy atom. The summed E-state index contributed by atoms with van der Waals surface area (Å²) in [5, 5.41) is 0. The van der Waals surface area contributed by atoms with Crippen molar-refractivity contribution in [1.82, 2.24) is 4.90 Å². The first-order valence-corrected chi connectivity index (χ1v) is 6.20. The Kier molecular flexibility index (Phi) is 5.34. The number of rotatable bonds is 5. The Morgan fingerprint density at radius 2 is 2.20 bits per heavy atom. The van der Waals surface area contributed by atoms with Crippen molar-refractivity contribution in [3.8, 4) is 0 Å². The number of nitrogens with zero attached hydrogens (tertiary/aromatic N) is 1. The van der Waals surface area contributed by atoms with E-state index >= 15 is 0 Å². The van der Waals surface area contributed by atoms with Crippen LogP contribution in [0.5, 0.6) is 0 Å². The van der Waals surface area contributed by atoms with Crippen LogP contribution in [0.4, 0.5) is 0 Å². The molecule has 1 aliphatic rings. The molecule has 1 aliphatic heterocycles. The first-order valence-electron chi connectivity index (χ1n) is 6.20. The fourth-order valence-electron chi connectivity index (χ4n) is 2.42. The van der Waals surface area contributed by atoms with Crippen LogP contribution in [0.3, 0.4) is 0 Å². The minimum atomic E-state index is 0.677. The average molecular weight is 210 g/mol. The molecule has 2 heteroatoms. The molecule has 0 spiro atoms. The van der Waals surface area contributed by atoms with Gasteiger partial charge < -0.3 is 5.73 Å². The van der Waals surface area contributed by atoms with Crippen LogP contribution in [0, 0.1) is 11.8 Å². The van der Waals surface area contributed by atoms with E-state index in [0.717, 1.165) is 19.0 Å². The molecule has 0 radical (unpaired) electrons. The van der Waals surface area contributed by atoms with Gasteiger partial charge in [-0.2, -0.15) is 0 Å². The summed E-state index contributed by atoms with van der Waals surface area (Å²) in [6.07, 6.45) is 4.83. The van der Waals surface area contributed by atoms with Crippen molar-refractivity contribution in [2.45, 2.75) is 33.6 Å². The molecule has 1 atom stereocenters. The highest BCUT2D eigenvalue weighted by molar-refractivity contribution is 5.04. The summed E-state index contributed by atoms with van der Waals surface area (Å²) in [6, 6.07) is 0. The van der Waals surface area contributed by atoms with Crippen molar-refractivity contribution < 1.29 is 0 Å². The molecule has 15 heavy (non-hydrogen) atoms. The summed E-state index contributed by atoms with van der Waals surface area (Å²) in [5.41, 5.74) is 7.35. The Labute approximate surface area is 94.5 Å². The number of nitrogens with two attached hydrogens (primary N) is 1. The van der Waals surface area contributed by atoms with Crippen molar-refractivity contribution in [1.29, 1.82) is 0 Å². The fraction of sp³-hybridized carbons (Fsp3) is 0.846. The van der Waals surface area contributed by atoms with Crippen LogP contribution in [0.25, 0.3) is 0 Å². The lowest BCUT2D eigenvalue weighted by Gasteiger charge is -2.30. The van der Waals surface area contributed by atoms with Crippen molar-refractivity contribution >= 4 is 0 Å². The molecule has 1 rings (SSSR count). The highest BCUT2D eigenvalue weighted by atomic mass is 15.1. The van der Waals surface area contributed by atoms with Gasteiger partial charge in [0, 0.05) is 19.6 Å². The zero-order chi connectivity index (χ0) is 11.3. The van der Waals surface area contributed by atoms with Gasteiger partial charge in [0.25, 0.3) is 0 Å². The third-order valence-electron chi connectivity index (χ3n) is 3.07. The van der Waals surface area contributed by atoms with Crippen LogP contribution in [-0.2, 0) is 0 Å². The molecule has 1 unspecified atom stereocenters. The van der Waals surface area contributed by atoms with Gasteiger partial charge in [-0.05, 0) is 38.1 Å². The molecule has 1 heterocycles. The maximum Gasteiger partial charge on any atom is 0.0190 e. The maximum absolute atomic E-state index is 5.83. The SMILES string of the molecule is CC1=CCCN(CC(CN)CC(C)C)C1. The molecule has 0 amide bonds. The molecule has 88 valence electrons. The van der Waals surface area contributed by atoms with E-state index < -0.39 is 0 Å². The molecular formula is C13H26N2. The van der Waals surface area contributed by atoms with E-state index in [2.05, 4.69) is 31.7 Å². The van der Waals surface area contributed by atoms with Gasteiger partial charge in [0.05, 0.1) is 0 Å². The van der Waals surface area contributed by atoms with Crippen LogP contribution in [-0.4, -0.2) is 31.1 Å². The summed E-state index contributed by atoms with van der Waals surface area (Å²) >= 11 is 0. The van der Waals surface area contributed by atoms with E-state index in [1.165, 1.54) is 31.5 Å². The molecule has 0 fully saturated rings. The van der Waals surface area contributed by atoms with Gasteiger partial charge in [-0.15, -0.1) is 0 Å². The van der Waals surface area contributed by atoms with Crippen molar-refractivity contribution in [2.75, 3.05) is 26.2 Å². The van der Waals surface area contributed by atoms with Gasteiger partial charge in [-0.25, -0.2) is 0 Å². The smallest absolute Gasteiger partial charge is 0.0190 e. The van der Waals surface area contributed by atoms with E-state index in [0.29, 0.717) is 5.92 Å². The van der Waals surface area contributed by atoms with E-state index in [9.17, 15) is 0 Å². The quantitative estimate of drug-likeness (QED) is 0.705. The van der Waals surface area contributed by atoms with E-state index in [1.54, 1.807) is 0 Å². The Bertz CT molecular complexity index is 209. The maximum atomic E-state index is 5.83. The minimum Gasteiger partial charge on any atom is -0.330 e. The monoisotopic (exact) mass is 210 g/mol. The lowest BCUT2D eigenvalue weighted by molar-refractivity contribution is 0.228. The van der Waals surface area contributed by atoms with Gasteiger partial charge in [0.15, 0.2) is 0 Å². The molecule has 0 aromatic carbocycles. The third kappa shape index (κ3) is 4.80. The highest BCUT2D eigenvalue weighted by Gasteiger charge is 2.16. The van der Waals surface area contributed by atoms with Crippen LogP contribution in [0.1, 0.15) is 33.6 Å².